The van der Waals surface area contributed by atoms with Crippen molar-refractivity contribution in [3.8, 4) is 0 Å². The first-order chi connectivity index (χ1) is 9.33. The van der Waals surface area contributed by atoms with E-state index in [-0.39, 0.29) is 20.3 Å². The van der Waals surface area contributed by atoms with Crippen LogP contribution < -0.4 is 29.5 Å². The van der Waals surface area contributed by atoms with Gasteiger partial charge in [-0.25, -0.2) is 0 Å². The van der Waals surface area contributed by atoms with Crippen LogP contribution in [0.4, 0.5) is 0 Å². The quantitative estimate of drug-likeness (QED) is 0.557. The van der Waals surface area contributed by atoms with Crippen LogP contribution in [0, 0.1) is 0 Å². The summed E-state index contributed by atoms with van der Waals surface area (Å²) in [4.78, 5) is 0. The van der Waals surface area contributed by atoms with Gasteiger partial charge in [-0.3, -0.25) is 0 Å². The minimum atomic E-state index is -1.43. The summed E-state index contributed by atoms with van der Waals surface area (Å²) in [5.74, 6) is 2.23. The Hall–Kier alpha value is -0.793. The van der Waals surface area contributed by atoms with Crippen LogP contribution in [-0.2, 0) is 0 Å². The molecule has 0 unspecified atom stereocenters. The normalized spacial score (nSPS) is 10.7. The van der Waals surface area contributed by atoms with Crippen LogP contribution in [0.3, 0.4) is 0 Å². The van der Waals surface area contributed by atoms with Gasteiger partial charge in [-0.05, 0) is 30.7 Å². The van der Waals surface area contributed by atoms with Crippen LogP contribution in [0.5, 0.6) is 0 Å². The van der Waals surface area contributed by atoms with E-state index in [0.29, 0.717) is 0 Å². The Morgan fingerprint density at radius 2 is 1.40 bits per heavy atom. The summed E-state index contributed by atoms with van der Waals surface area (Å²) in [7, 11) is -1.43. The second-order valence-electron chi connectivity index (χ2n) is 4.80. The Kier molecular flexibility index (Phi) is 7.32. The third-order valence-electron chi connectivity index (χ3n) is 3.61. The van der Waals surface area contributed by atoms with Gasteiger partial charge in [0.1, 0.15) is 17.9 Å². The maximum absolute atomic E-state index is 4.19. The van der Waals surface area contributed by atoms with Crippen molar-refractivity contribution in [1.82, 2.24) is 0 Å². The minimum absolute atomic E-state index is 0. The molecule has 2 aromatic carbocycles. The van der Waals surface area contributed by atoms with Crippen molar-refractivity contribution < 1.29 is 20.3 Å². The van der Waals surface area contributed by atoms with Crippen LogP contribution >= 0.6 is 7.26 Å². The molecular weight excluding hydrogens is 254 g/mol. The van der Waals surface area contributed by atoms with Gasteiger partial charge in [0.2, 0.25) is 0 Å². The fourth-order valence-corrected chi connectivity index (χ4v) is 6.15. The molecule has 0 N–H and O–H groups in total. The molecule has 0 heterocycles. The van der Waals surface area contributed by atoms with Crippen LogP contribution in [0.1, 0.15) is 21.2 Å². The van der Waals surface area contributed by atoms with Gasteiger partial charge in [-0.15, -0.1) is 0 Å². The van der Waals surface area contributed by atoms with Crippen molar-refractivity contribution in [2.24, 2.45) is 0 Å². The molecule has 0 saturated heterocycles. The second kappa shape index (κ2) is 8.48. The first-order valence-corrected chi connectivity index (χ1v) is 9.00. The number of hydrogen-bond acceptors (Lipinski definition) is 0. The van der Waals surface area contributed by atoms with Gasteiger partial charge < -0.3 is 1.43 Å². The van der Waals surface area contributed by atoms with E-state index in [1.54, 1.807) is 0 Å². The summed E-state index contributed by atoms with van der Waals surface area (Å²) >= 11 is 0. The summed E-state index contributed by atoms with van der Waals surface area (Å²) in [5.41, 5.74) is 0. The molecule has 0 fully saturated rings. The van der Waals surface area contributed by atoms with Gasteiger partial charge >= 0.3 is 18.9 Å². The molecular formula is C18H23LiP+. The Morgan fingerprint density at radius 3 is 1.75 bits per heavy atom. The van der Waals surface area contributed by atoms with Gasteiger partial charge in [-0.1, -0.05) is 56.3 Å². The average Bonchev–Trinajstić information content (AvgIpc) is 2.51. The van der Waals surface area contributed by atoms with Crippen molar-refractivity contribution in [3.63, 3.8) is 0 Å². The second-order valence-corrected chi connectivity index (χ2v) is 8.38. The number of rotatable bonds is 6. The summed E-state index contributed by atoms with van der Waals surface area (Å²) in [5, 5.41) is 2.90. The van der Waals surface area contributed by atoms with E-state index in [2.05, 4.69) is 80.0 Å². The molecule has 20 heavy (non-hydrogen) atoms. The number of hydrogen-bond donors (Lipinski definition) is 0. The molecule has 0 atom stereocenters. The molecule has 0 aliphatic rings. The molecule has 100 valence electrons. The SMILES string of the molecule is C=C[P+](CCCC)(c1ccccc1)c1ccccc1.[H-].[Li+]. The van der Waals surface area contributed by atoms with Crippen LogP contribution in [0.2, 0.25) is 0 Å². The van der Waals surface area contributed by atoms with Crippen molar-refractivity contribution in [2.75, 3.05) is 6.16 Å². The summed E-state index contributed by atoms with van der Waals surface area (Å²) in [6, 6.07) is 21.8. The maximum Gasteiger partial charge on any atom is 1.00 e. The van der Waals surface area contributed by atoms with E-state index < -0.39 is 7.26 Å². The van der Waals surface area contributed by atoms with Gasteiger partial charge in [0.25, 0.3) is 0 Å². The van der Waals surface area contributed by atoms with E-state index >= 15 is 0 Å². The van der Waals surface area contributed by atoms with E-state index in [0.717, 1.165) is 0 Å². The molecule has 2 rings (SSSR count). The Bertz CT molecular complexity index is 474. The minimum Gasteiger partial charge on any atom is -1.00 e. The first kappa shape index (κ1) is 17.3. The molecule has 0 radical (unpaired) electrons. The Labute approximate surface area is 137 Å². The van der Waals surface area contributed by atoms with Crippen LogP contribution in [0.25, 0.3) is 0 Å². The van der Waals surface area contributed by atoms with Gasteiger partial charge in [0.15, 0.2) is 0 Å². The van der Waals surface area contributed by atoms with Crippen molar-refractivity contribution in [3.05, 3.63) is 73.1 Å². The van der Waals surface area contributed by atoms with E-state index in [1.807, 2.05) is 0 Å². The number of benzene rings is 2. The van der Waals surface area contributed by atoms with Gasteiger partial charge in [0.05, 0.1) is 12.0 Å². The Morgan fingerprint density at radius 1 is 0.950 bits per heavy atom. The van der Waals surface area contributed by atoms with E-state index in [9.17, 15) is 0 Å². The van der Waals surface area contributed by atoms with Crippen molar-refractivity contribution in [1.29, 1.82) is 0 Å². The Balaban J connectivity index is 0.00000200. The van der Waals surface area contributed by atoms with Gasteiger partial charge in [0, 0.05) is 0 Å². The predicted octanol–water partition coefficient (Wildman–Crippen LogP) is 1.72. The largest absolute Gasteiger partial charge is 1.00 e. The third kappa shape index (κ3) is 3.65. The zero-order valence-corrected chi connectivity index (χ0v) is 13.5. The fourth-order valence-electron chi connectivity index (χ4n) is 2.50. The zero-order valence-electron chi connectivity index (χ0n) is 13.6. The molecule has 0 spiro atoms. The monoisotopic (exact) mass is 277 g/mol. The molecule has 0 aromatic heterocycles. The third-order valence-corrected chi connectivity index (χ3v) is 7.69. The molecule has 0 aliphatic carbocycles. The molecule has 0 nitrogen and oxygen atoms in total. The van der Waals surface area contributed by atoms with Gasteiger partial charge in [-0.2, -0.15) is 0 Å². The standard InChI is InChI=1S/C18H22P.Li.H/c1-3-5-16-19(4-2,17-12-8-6-9-13-17)18-14-10-7-11-15-18;;/h4,6-15H,2-3,5,16H2,1H3;;/q2*+1;-1. The molecule has 0 aliphatic heterocycles. The van der Waals surface area contributed by atoms with Crippen molar-refractivity contribution >= 4 is 17.9 Å². The van der Waals surface area contributed by atoms with Crippen LogP contribution in [0.15, 0.2) is 73.1 Å². The van der Waals surface area contributed by atoms with E-state index in [4.69, 9.17) is 0 Å². The maximum atomic E-state index is 4.19. The molecule has 0 amide bonds. The average molecular weight is 277 g/mol. The van der Waals surface area contributed by atoms with E-state index in [1.165, 1.54) is 29.6 Å². The molecule has 2 heteroatoms. The topological polar surface area (TPSA) is 0 Å². The molecule has 0 bridgehead atoms. The van der Waals surface area contributed by atoms with Crippen LogP contribution in [-0.4, -0.2) is 6.16 Å². The predicted molar refractivity (Wildman–Crippen MR) is 90.2 cm³/mol. The fraction of sp³-hybridized carbons (Fsp3) is 0.222. The zero-order chi connectivity index (χ0) is 13.6. The molecule has 0 saturated carbocycles. The summed E-state index contributed by atoms with van der Waals surface area (Å²) in [6.45, 7) is 6.45. The number of unbranched alkanes of at least 4 members (excludes halogenated alkanes) is 1. The van der Waals surface area contributed by atoms with Crippen molar-refractivity contribution in [2.45, 2.75) is 19.8 Å². The summed E-state index contributed by atoms with van der Waals surface area (Å²) in [6.07, 6.45) is 3.71. The molecule has 2 aromatic rings. The first-order valence-electron chi connectivity index (χ1n) is 6.96. The summed E-state index contributed by atoms with van der Waals surface area (Å²) < 4.78 is 0. The smallest absolute Gasteiger partial charge is 1.00 e.